The van der Waals surface area contributed by atoms with Crippen LogP contribution >= 0.6 is 0 Å². The van der Waals surface area contributed by atoms with Gasteiger partial charge in [-0.25, -0.2) is 4.99 Å². The lowest BCUT2D eigenvalue weighted by molar-refractivity contribution is -0.138. The lowest BCUT2D eigenvalue weighted by Gasteiger charge is -2.11. The highest BCUT2D eigenvalue weighted by atomic mass is 16.4. The molecule has 0 heterocycles. The minimum Gasteiger partial charge on any atom is -0.481 e. The number of hydrogen-bond donors (Lipinski definition) is 4. The van der Waals surface area contributed by atoms with Crippen molar-refractivity contribution in [3.63, 3.8) is 0 Å². The summed E-state index contributed by atoms with van der Waals surface area (Å²) in [5, 5.41) is 17.9. The van der Waals surface area contributed by atoms with Gasteiger partial charge in [-0.05, 0) is 37.1 Å². The maximum atomic E-state index is 12.6. The van der Waals surface area contributed by atoms with Gasteiger partial charge in [0.1, 0.15) is 5.71 Å². The minimum absolute atomic E-state index is 0.0316. The molecular formula is C22H23N5O4. The van der Waals surface area contributed by atoms with Gasteiger partial charge in [-0.2, -0.15) is 5.10 Å². The molecule has 1 aliphatic rings. The van der Waals surface area contributed by atoms with Crippen molar-refractivity contribution < 1.29 is 19.5 Å². The summed E-state index contributed by atoms with van der Waals surface area (Å²) in [5.74, 6) is 3.75. The average molecular weight is 421 g/mol. The summed E-state index contributed by atoms with van der Waals surface area (Å²) >= 11 is 0. The highest BCUT2D eigenvalue weighted by Gasteiger charge is 2.28. The van der Waals surface area contributed by atoms with E-state index in [4.69, 9.17) is 10.9 Å². The first-order valence-corrected chi connectivity index (χ1v) is 9.81. The van der Waals surface area contributed by atoms with Gasteiger partial charge < -0.3 is 21.6 Å². The maximum absolute atomic E-state index is 12.6. The molecule has 0 spiro atoms. The second-order valence-electron chi connectivity index (χ2n) is 7.04. The summed E-state index contributed by atoms with van der Waals surface area (Å²) in [6, 6.07) is 15.9. The predicted octanol–water partition coefficient (Wildman–Crippen LogP) is 2.20. The molecule has 0 radical (unpaired) electrons. The zero-order chi connectivity index (χ0) is 22.2. The second-order valence-corrected chi connectivity index (χ2v) is 7.04. The van der Waals surface area contributed by atoms with E-state index in [1.807, 2.05) is 30.3 Å². The van der Waals surface area contributed by atoms with Crippen LogP contribution in [0.2, 0.25) is 0 Å². The molecule has 2 amide bonds. The van der Waals surface area contributed by atoms with E-state index in [-0.39, 0.29) is 30.5 Å². The van der Waals surface area contributed by atoms with Crippen LogP contribution in [0.25, 0.3) is 0 Å². The quantitative estimate of drug-likeness (QED) is 0.278. The summed E-state index contributed by atoms with van der Waals surface area (Å²) in [4.78, 5) is 39.6. The van der Waals surface area contributed by atoms with E-state index in [1.54, 1.807) is 24.3 Å². The monoisotopic (exact) mass is 421 g/mol. The topological polar surface area (TPSA) is 146 Å². The number of carboxylic acids is 1. The molecular weight excluding hydrogens is 398 g/mol. The number of carboxylic acid groups (broad SMARTS) is 1. The van der Waals surface area contributed by atoms with E-state index < -0.39 is 11.9 Å². The first kappa shape index (κ1) is 21.7. The molecule has 0 bridgehead atoms. The van der Waals surface area contributed by atoms with Gasteiger partial charge in [-0.1, -0.05) is 30.3 Å². The number of amides is 2. The number of carbonyl (C=O) groups excluding carboxylic acids is 2. The number of nitrogens with zero attached hydrogens (tertiary/aromatic N) is 2. The summed E-state index contributed by atoms with van der Waals surface area (Å²) in [6.07, 6.45) is 1.51. The Labute approximate surface area is 179 Å². The van der Waals surface area contributed by atoms with Crippen LogP contribution in [-0.2, 0) is 14.4 Å². The zero-order valence-electron chi connectivity index (χ0n) is 16.7. The van der Waals surface area contributed by atoms with Crippen LogP contribution in [0.1, 0.15) is 31.2 Å². The molecule has 0 aromatic heterocycles. The number of anilines is 1. The molecule has 31 heavy (non-hydrogen) atoms. The smallest absolute Gasteiger partial charge is 0.303 e. The minimum atomic E-state index is -1.03. The molecule has 160 valence electrons. The Bertz CT molecular complexity index is 1010. The highest BCUT2D eigenvalue weighted by molar-refractivity contribution is 6.70. The van der Waals surface area contributed by atoms with Crippen LogP contribution in [0, 0.1) is 0 Å². The predicted molar refractivity (Wildman–Crippen MR) is 117 cm³/mol. The van der Waals surface area contributed by atoms with Gasteiger partial charge in [-0.15, -0.1) is 0 Å². The molecule has 1 aliphatic carbocycles. The Morgan fingerprint density at radius 2 is 1.68 bits per heavy atom. The fourth-order valence-electron chi connectivity index (χ4n) is 2.75. The number of rotatable bonds is 9. The third-order valence-corrected chi connectivity index (χ3v) is 4.49. The van der Waals surface area contributed by atoms with Crippen LogP contribution in [0.5, 0.6) is 0 Å². The second kappa shape index (κ2) is 10.1. The number of carbonyl (C=O) groups is 3. The van der Waals surface area contributed by atoms with Crippen LogP contribution in [0.15, 0.2) is 64.7 Å². The molecule has 1 fully saturated rings. The molecule has 3 rings (SSSR count). The number of hydrazone groups is 1. The van der Waals surface area contributed by atoms with Crippen molar-refractivity contribution in [1.29, 1.82) is 0 Å². The van der Waals surface area contributed by atoms with E-state index in [1.165, 1.54) is 0 Å². The fourth-order valence-corrected chi connectivity index (χ4v) is 2.75. The molecule has 0 saturated heterocycles. The van der Waals surface area contributed by atoms with Gasteiger partial charge in [0, 0.05) is 23.7 Å². The number of hydrogen-bond acceptors (Lipinski definition) is 6. The SMILES string of the molecule is NN=C(C(=O)NC1CC1)C(=Nc1ccc(NC(=O)CCC(=O)O)cc1)c1ccccc1. The van der Waals surface area contributed by atoms with Gasteiger partial charge in [0.15, 0.2) is 5.71 Å². The molecule has 0 atom stereocenters. The number of aliphatic imine (C=N–C) groups is 1. The van der Waals surface area contributed by atoms with Gasteiger partial charge in [-0.3, -0.25) is 14.4 Å². The Hall–Kier alpha value is -4.01. The van der Waals surface area contributed by atoms with E-state index in [0.29, 0.717) is 22.6 Å². The van der Waals surface area contributed by atoms with Gasteiger partial charge >= 0.3 is 5.97 Å². The summed E-state index contributed by atoms with van der Waals surface area (Å²) in [5.41, 5.74) is 2.09. The summed E-state index contributed by atoms with van der Waals surface area (Å²) < 4.78 is 0. The fraction of sp³-hybridized carbons (Fsp3) is 0.227. The third kappa shape index (κ3) is 6.49. The van der Waals surface area contributed by atoms with Crippen LogP contribution in [0.4, 0.5) is 11.4 Å². The Balaban J connectivity index is 1.82. The largest absolute Gasteiger partial charge is 0.481 e. The number of nitrogens with two attached hydrogens (primary N) is 1. The van der Waals surface area contributed by atoms with E-state index in [2.05, 4.69) is 20.7 Å². The molecule has 2 aromatic carbocycles. The van der Waals surface area contributed by atoms with Crippen LogP contribution in [0.3, 0.4) is 0 Å². The van der Waals surface area contributed by atoms with Gasteiger partial charge in [0.2, 0.25) is 5.91 Å². The van der Waals surface area contributed by atoms with E-state index in [0.717, 1.165) is 12.8 Å². The van der Waals surface area contributed by atoms with Crippen LogP contribution < -0.4 is 16.5 Å². The first-order chi connectivity index (χ1) is 15.0. The number of nitrogens with one attached hydrogen (secondary N) is 2. The lowest BCUT2D eigenvalue weighted by atomic mass is 10.0. The van der Waals surface area contributed by atoms with E-state index >= 15 is 0 Å². The molecule has 0 aliphatic heterocycles. The Kier molecular flexibility index (Phi) is 7.10. The highest BCUT2D eigenvalue weighted by Crippen LogP contribution is 2.21. The van der Waals surface area contributed by atoms with Crippen molar-refractivity contribution in [3.05, 3.63) is 60.2 Å². The average Bonchev–Trinajstić information content (AvgIpc) is 3.58. The van der Waals surface area contributed by atoms with Crippen molar-refractivity contribution in [1.82, 2.24) is 5.32 Å². The van der Waals surface area contributed by atoms with Crippen molar-refractivity contribution in [3.8, 4) is 0 Å². The summed E-state index contributed by atoms with van der Waals surface area (Å²) in [6.45, 7) is 0. The van der Waals surface area contributed by atoms with Crippen LogP contribution in [-0.4, -0.2) is 40.4 Å². The third-order valence-electron chi connectivity index (χ3n) is 4.49. The first-order valence-electron chi connectivity index (χ1n) is 9.81. The van der Waals surface area contributed by atoms with Crippen molar-refractivity contribution in [2.75, 3.05) is 5.32 Å². The molecule has 1 saturated carbocycles. The van der Waals surface area contributed by atoms with Crippen molar-refractivity contribution in [2.24, 2.45) is 15.9 Å². The molecule has 9 heteroatoms. The maximum Gasteiger partial charge on any atom is 0.303 e. The zero-order valence-corrected chi connectivity index (χ0v) is 16.7. The Morgan fingerprint density at radius 1 is 1.00 bits per heavy atom. The molecule has 9 nitrogen and oxygen atoms in total. The van der Waals surface area contributed by atoms with Crippen molar-refractivity contribution in [2.45, 2.75) is 31.7 Å². The standard InChI is InChI=1S/C22H23N5O4/c23-27-21(22(31)26-17-10-11-17)20(14-4-2-1-3-5-14)25-16-8-6-15(7-9-16)24-18(28)12-13-19(29)30/h1-9,17H,10-13,23H2,(H,24,28)(H,26,31)(H,29,30). The molecule has 5 N–H and O–H groups in total. The number of benzene rings is 2. The number of aliphatic carboxylic acids is 1. The Morgan fingerprint density at radius 3 is 2.26 bits per heavy atom. The molecule has 0 unspecified atom stereocenters. The van der Waals surface area contributed by atoms with E-state index in [9.17, 15) is 14.4 Å². The summed E-state index contributed by atoms with van der Waals surface area (Å²) in [7, 11) is 0. The van der Waals surface area contributed by atoms with Gasteiger partial charge in [0.05, 0.1) is 12.1 Å². The normalized spacial score (nSPS) is 14.1. The lowest BCUT2D eigenvalue weighted by Crippen LogP contribution is -2.38. The van der Waals surface area contributed by atoms with Crippen molar-refractivity contribution >= 4 is 40.6 Å². The van der Waals surface area contributed by atoms with Gasteiger partial charge in [0.25, 0.3) is 5.91 Å². The molecule has 2 aromatic rings.